The highest BCUT2D eigenvalue weighted by atomic mass is 35.5. The number of alkyl halides is 1. The number of benzene rings is 1. The van der Waals surface area contributed by atoms with Crippen molar-refractivity contribution in [1.82, 2.24) is 0 Å². The van der Waals surface area contributed by atoms with Crippen molar-refractivity contribution in [2.75, 3.05) is 12.1 Å². The van der Waals surface area contributed by atoms with Gasteiger partial charge in [0.15, 0.2) is 0 Å². The van der Waals surface area contributed by atoms with Gasteiger partial charge in [-0.2, -0.15) is 0 Å². The summed E-state index contributed by atoms with van der Waals surface area (Å²) >= 11 is 7.38. The van der Waals surface area contributed by atoms with Crippen molar-refractivity contribution < 1.29 is 0 Å². The highest BCUT2D eigenvalue weighted by Crippen LogP contribution is 2.15. The van der Waals surface area contributed by atoms with E-state index in [1.807, 2.05) is 0 Å². The van der Waals surface area contributed by atoms with Gasteiger partial charge in [-0.1, -0.05) is 12.1 Å². The lowest BCUT2D eigenvalue weighted by molar-refractivity contribution is 0.927. The lowest BCUT2D eigenvalue weighted by Crippen LogP contribution is -1.85. The predicted octanol–water partition coefficient (Wildman–Crippen LogP) is 3.58. The molecule has 0 saturated carbocycles. The van der Waals surface area contributed by atoms with Gasteiger partial charge in [0.2, 0.25) is 0 Å². The van der Waals surface area contributed by atoms with Gasteiger partial charge in [-0.05, 0) is 36.8 Å². The summed E-state index contributed by atoms with van der Waals surface area (Å²) in [6.45, 7) is 0. The van der Waals surface area contributed by atoms with Crippen molar-refractivity contribution in [2.24, 2.45) is 0 Å². The largest absolute Gasteiger partial charge is 0.130 e. The molecule has 0 heterocycles. The van der Waals surface area contributed by atoms with E-state index in [0.717, 1.165) is 18.7 Å². The molecule has 1 aromatic rings. The second-order valence-electron chi connectivity index (χ2n) is 2.64. The molecule has 0 atom stereocenters. The third-order valence-corrected chi connectivity index (χ3v) is 2.77. The molecular weight excluding hydrogens is 188 g/mol. The molecule has 0 aromatic heterocycles. The fourth-order valence-corrected chi connectivity index (χ4v) is 1.61. The number of hydrogen-bond donors (Lipinski definition) is 0. The Bertz CT molecular complexity index is 218. The van der Waals surface area contributed by atoms with E-state index in [1.54, 1.807) is 11.8 Å². The number of halogens is 1. The molecule has 12 heavy (non-hydrogen) atoms. The average Bonchev–Trinajstić information content (AvgIpc) is 2.15. The topological polar surface area (TPSA) is 0 Å². The summed E-state index contributed by atoms with van der Waals surface area (Å²) in [6, 6.07) is 8.68. The van der Waals surface area contributed by atoms with Gasteiger partial charge in [0.1, 0.15) is 0 Å². The maximum Gasteiger partial charge on any atom is 0.0226 e. The summed E-state index contributed by atoms with van der Waals surface area (Å²) < 4.78 is 0. The number of hydrogen-bond acceptors (Lipinski definition) is 1. The van der Waals surface area contributed by atoms with Crippen LogP contribution < -0.4 is 0 Å². The first-order valence-electron chi connectivity index (χ1n) is 4.05. The van der Waals surface area contributed by atoms with E-state index in [1.165, 1.54) is 10.5 Å². The Kier molecular flexibility index (Phi) is 4.55. The summed E-state index contributed by atoms with van der Waals surface area (Å²) in [5.41, 5.74) is 1.38. The molecule has 66 valence electrons. The number of aryl methyl sites for hydroxylation is 1. The fourth-order valence-electron chi connectivity index (χ4n) is 1.06. The van der Waals surface area contributed by atoms with E-state index in [2.05, 4.69) is 30.5 Å². The molecular formula is C10H13ClS. The molecule has 2 heteroatoms. The Morgan fingerprint density at radius 1 is 1.25 bits per heavy atom. The van der Waals surface area contributed by atoms with Crippen LogP contribution in [0, 0.1) is 0 Å². The molecule has 0 N–H and O–H groups in total. The van der Waals surface area contributed by atoms with E-state index in [-0.39, 0.29) is 0 Å². The van der Waals surface area contributed by atoms with Gasteiger partial charge in [-0.3, -0.25) is 0 Å². The zero-order valence-corrected chi connectivity index (χ0v) is 8.79. The summed E-state index contributed by atoms with van der Waals surface area (Å²) in [4.78, 5) is 1.32. The SMILES string of the molecule is CSc1ccc(CCCCl)cc1. The first-order chi connectivity index (χ1) is 5.86. The Labute approximate surface area is 83.3 Å². The van der Waals surface area contributed by atoms with Crippen molar-refractivity contribution >= 4 is 23.4 Å². The smallest absolute Gasteiger partial charge is 0.0226 e. The average molecular weight is 201 g/mol. The minimum Gasteiger partial charge on any atom is -0.130 e. The molecule has 0 aliphatic heterocycles. The highest BCUT2D eigenvalue weighted by molar-refractivity contribution is 7.98. The van der Waals surface area contributed by atoms with Crippen LogP contribution in [0.15, 0.2) is 29.2 Å². The minimum atomic E-state index is 0.754. The second kappa shape index (κ2) is 5.50. The van der Waals surface area contributed by atoms with Gasteiger partial charge >= 0.3 is 0 Å². The molecule has 1 rings (SSSR count). The van der Waals surface area contributed by atoms with E-state index in [0.29, 0.717) is 0 Å². The summed E-state index contributed by atoms with van der Waals surface area (Å²) in [6.07, 6.45) is 4.26. The molecule has 0 bridgehead atoms. The molecule has 1 aromatic carbocycles. The van der Waals surface area contributed by atoms with E-state index in [4.69, 9.17) is 11.6 Å². The maximum absolute atomic E-state index is 5.61. The van der Waals surface area contributed by atoms with Crippen LogP contribution in [-0.4, -0.2) is 12.1 Å². The molecule has 0 amide bonds. The van der Waals surface area contributed by atoms with Crippen molar-refractivity contribution in [3.05, 3.63) is 29.8 Å². The molecule has 0 nitrogen and oxygen atoms in total. The van der Waals surface area contributed by atoms with Gasteiger partial charge in [-0.15, -0.1) is 23.4 Å². The fraction of sp³-hybridized carbons (Fsp3) is 0.400. The first-order valence-corrected chi connectivity index (χ1v) is 5.81. The van der Waals surface area contributed by atoms with Crippen LogP contribution in [0.25, 0.3) is 0 Å². The van der Waals surface area contributed by atoms with Crippen LogP contribution in [0.1, 0.15) is 12.0 Å². The quantitative estimate of drug-likeness (QED) is 0.529. The summed E-state index contributed by atoms with van der Waals surface area (Å²) in [5, 5.41) is 0. The van der Waals surface area contributed by atoms with Crippen LogP contribution >= 0.6 is 23.4 Å². The normalized spacial score (nSPS) is 10.2. The summed E-state index contributed by atoms with van der Waals surface area (Å²) in [7, 11) is 0. The Balaban J connectivity index is 2.53. The van der Waals surface area contributed by atoms with Gasteiger partial charge in [0.05, 0.1) is 0 Å². The first kappa shape index (κ1) is 9.94. The van der Waals surface area contributed by atoms with Crippen LogP contribution in [0.3, 0.4) is 0 Å². The Morgan fingerprint density at radius 2 is 1.92 bits per heavy atom. The number of rotatable bonds is 4. The molecule has 0 aliphatic rings. The van der Waals surface area contributed by atoms with Crippen molar-refractivity contribution in [3.63, 3.8) is 0 Å². The van der Waals surface area contributed by atoms with Gasteiger partial charge in [-0.25, -0.2) is 0 Å². The molecule has 0 saturated heterocycles. The molecule has 0 aliphatic carbocycles. The van der Waals surface area contributed by atoms with Gasteiger partial charge in [0, 0.05) is 10.8 Å². The second-order valence-corrected chi connectivity index (χ2v) is 3.90. The summed E-state index contributed by atoms with van der Waals surface area (Å²) in [5.74, 6) is 0.754. The zero-order chi connectivity index (χ0) is 8.81. The van der Waals surface area contributed by atoms with Crippen molar-refractivity contribution in [2.45, 2.75) is 17.7 Å². The maximum atomic E-state index is 5.61. The van der Waals surface area contributed by atoms with E-state index in [9.17, 15) is 0 Å². The number of thioether (sulfide) groups is 1. The molecule has 0 fully saturated rings. The molecule has 0 spiro atoms. The molecule has 0 radical (unpaired) electrons. The van der Waals surface area contributed by atoms with Crippen LogP contribution in [0.5, 0.6) is 0 Å². The van der Waals surface area contributed by atoms with Gasteiger partial charge < -0.3 is 0 Å². The van der Waals surface area contributed by atoms with Crippen molar-refractivity contribution in [3.8, 4) is 0 Å². The Morgan fingerprint density at radius 3 is 2.42 bits per heavy atom. The zero-order valence-electron chi connectivity index (χ0n) is 7.22. The van der Waals surface area contributed by atoms with Crippen LogP contribution in [0.4, 0.5) is 0 Å². The third-order valence-electron chi connectivity index (χ3n) is 1.76. The third kappa shape index (κ3) is 3.08. The lowest BCUT2D eigenvalue weighted by atomic mass is 10.1. The standard InChI is InChI=1S/C10H13ClS/c1-12-10-6-4-9(5-7-10)3-2-8-11/h4-7H,2-3,8H2,1H3. The molecule has 0 unspecified atom stereocenters. The van der Waals surface area contributed by atoms with E-state index >= 15 is 0 Å². The lowest BCUT2D eigenvalue weighted by Gasteiger charge is -2.00. The minimum absolute atomic E-state index is 0.754. The Hall–Kier alpha value is -0.140. The van der Waals surface area contributed by atoms with Crippen LogP contribution in [-0.2, 0) is 6.42 Å². The monoisotopic (exact) mass is 200 g/mol. The van der Waals surface area contributed by atoms with Crippen LogP contribution in [0.2, 0.25) is 0 Å². The highest BCUT2D eigenvalue weighted by Gasteiger charge is 1.92. The predicted molar refractivity (Wildman–Crippen MR) is 57.3 cm³/mol. The van der Waals surface area contributed by atoms with Gasteiger partial charge in [0.25, 0.3) is 0 Å². The van der Waals surface area contributed by atoms with E-state index < -0.39 is 0 Å². The van der Waals surface area contributed by atoms with Crippen molar-refractivity contribution in [1.29, 1.82) is 0 Å².